The number of nitrogens with zero attached hydrogens (tertiary/aromatic N) is 1. The summed E-state index contributed by atoms with van der Waals surface area (Å²) in [5, 5.41) is 3.33. The third-order valence-electron chi connectivity index (χ3n) is 2.78. The fraction of sp³-hybridized carbons (Fsp3) is 0.417. The zero-order valence-corrected chi connectivity index (χ0v) is 9.19. The van der Waals surface area contributed by atoms with Gasteiger partial charge in [0, 0.05) is 6.54 Å². The molecule has 1 saturated heterocycles. The highest BCUT2D eigenvalue weighted by Crippen LogP contribution is 2.22. The molecule has 2 heterocycles. The minimum Gasteiger partial charge on any atom is -0.439 e. The standard InChI is InChI=1S/C12H14N2O2/c1-8-2-3-11-9(6-8)14-12(16-11)10-7-15-5-4-13-10/h2-3,6,10,13H,4-5,7H2,1H3. The van der Waals surface area contributed by atoms with Gasteiger partial charge in [-0.25, -0.2) is 4.98 Å². The van der Waals surface area contributed by atoms with Crippen LogP contribution >= 0.6 is 0 Å². The third kappa shape index (κ3) is 1.70. The van der Waals surface area contributed by atoms with E-state index in [2.05, 4.69) is 17.2 Å². The van der Waals surface area contributed by atoms with Crippen LogP contribution in [0.1, 0.15) is 17.5 Å². The molecule has 3 rings (SSSR count). The Bertz CT molecular complexity index is 501. The summed E-state index contributed by atoms with van der Waals surface area (Å²) in [6.07, 6.45) is 0. The molecule has 0 amide bonds. The topological polar surface area (TPSA) is 47.3 Å². The maximum atomic E-state index is 5.71. The van der Waals surface area contributed by atoms with E-state index >= 15 is 0 Å². The first kappa shape index (κ1) is 9.81. The van der Waals surface area contributed by atoms with E-state index in [1.54, 1.807) is 0 Å². The summed E-state index contributed by atoms with van der Waals surface area (Å²) in [5.74, 6) is 0.723. The fourth-order valence-electron chi connectivity index (χ4n) is 1.93. The summed E-state index contributed by atoms with van der Waals surface area (Å²) in [6.45, 7) is 4.29. The Hall–Kier alpha value is -1.39. The van der Waals surface area contributed by atoms with E-state index < -0.39 is 0 Å². The molecule has 0 spiro atoms. The predicted molar refractivity (Wildman–Crippen MR) is 60.3 cm³/mol. The van der Waals surface area contributed by atoms with Gasteiger partial charge in [0.25, 0.3) is 0 Å². The molecule has 84 valence electrons. The molecule has 1 unspecified atom stereocenters. The van der Waals surface area contributed by atoms with Crippen molar-refractivity contribution in [3.05, 3.63) is 29.7 Å². The van der Waals surface area contributed by atoms with Crippen molar-refractivity contribution in [1.82, 2.24) is 10.3 Å². The van der Waals surface area contributed by atoms with Gasteiger partial charge >= 0.3 is 0 Å². The molecule has 0 aliphatic carbocycles. The van der Waals surface area contributed by atoms with E-state index in [-0.39, 0.29) is 6.04 Å². The van der Waals surface area contributed by atoms with E-state index in [0.717, 1.165) is 30.1 Å². The molecule has 1 atom stereocenters. The van der Waals surface area contributed by atoms with E-state index in [1.165, 1.54) is 5.56 Å². The molecule has 2 aromatic rings. The van der Waals surface area contributed by atoms with Gasteiger partial charge in [0.05, 0.1) is 13.2 Å². The van der Waals surface area contributed by atoms with Gasteiger partial charge in [-0.3, -0.25) is 0 Å². The molecule has 4 heteroatoms. The second-order valence-electron chi connectivity index (χ2n) is 4.10. The van der Waals surface area contributed by atoms with Crippen LogP contribution < -0.4 is 5.32 Å². The zero-order chi connectivity index (χ0) is 11.0. The van der Waals surface area contributed by atoms with Gasteiger partial charge in [0.15, 0.2) is 5.58 Å². The van der Waals surface area contributed by atoms with E-state index in [0.29, 0.717) is 6.61 Å². The molecule has 0 radical (unpaired) electrons. The molecular weight excluding hydrogens is 204 g/mol. The summed E-state index contributed by atoms with van der Waals surface area (Å²) >= 11 is 0. The van der Waals surface area contributed by atoms with Crippen molar-refractivity contribution in [3.63, 3.8) is 0 Å². The summed E-state index contributed by atoms with van der Waals surface area (Å²) < 4.78 is 11.1. The molecular formula is C12H14N2O2. The molecule has 4 nitrogen and oxygen atoms in total. The summed E-state index contributed by atoms with van der Waals surface area (Å²) in [6, 6.07) is 6.11. The smallest absolute Gasteiger partial charge is 0.215 e. The van der Waals surface area contributed by atoms with E-state index in [4.69, 9.17) is 9.15 Å². The molecule has 0 bridgehead atoms. The Morgan fingerprint density at radius 2 is 2.38 bits per heavy atom. The van der Waals surface area contributed by atoms with Gasteiger partial charge in [-0.1, -0.05) is 6.07 Å². The van der Waals surface area contributed by atoms with Crippen LogP contribution in [0.15, 0.2) is 22.6 Å². The second kappa shape index (κ2) is 3.88. The lowest BCUT2D eigenvalue weighted by molar-refractivity contribution is 0.0687. The van der Waals surface area contributed by atoms with Crippen LogP contribution in [0.4, 0.5) is 0 Å². The van der Waals surface area contributed by atoms with Crippen molar-refractivity contribution in [2.24, 2.45) is 0 Å². The Morgan fingerprint density at radius 3 is 3.19 bits per heavy atom. The number of aromatic nitrogens is 1. The summed E-state index contributed by atoms with van der Waals surface area (Å²) in [4.78, 5) is 4.49. The Morgan fingerprint density at radius 1 is 1.44 bits per heavy atom. The molecule has 0 saturated carbocycles. The molecule has 1 aromatic heterocycles. The van der Waals surface area contributed by atoms with Gasteiger partial charge in [-0.2, -0.15) is 0 Å². The normalized spacial score (nSPS) is 21.4. The van der Waals surface area contributed by atoms with Gasteiger partial charge < -0.3 is 14.5 Å². The number of hydrogen-bond acceptors (Lipinski definition) is 4. The Balaban J connectivity index is 1.97. The van der Waals surface area contributed by atoms with Crippen LogP contribution in [-0.4, -0.2) is 24.7 Å². The average Bonchev–Trinajstić information content (AvgIpc) is 2.73. The number of ether oxygens (including phenoxy) is 1. The number of oxazole rings is 1. The number of aryl methyl sites for hydroxylation is 1. The number of morpholine rings is 1. The van der Waals surface area contributed by atoms with Crippen molar-refractivity contribution in [1.29, 1.82) is 0 Å². The van der Waals surface area contributed by atoms with Crippen molar-refractivity contribution >= 4 is 11.1 Å². The molecule has 1 N–H and O–H groups in total. The van der Waals surface area contributed by atoms with Gasteiger partial charge in [0.2, 0.25) is 5.89 Å². The number of benzene rings is 1. The maximum Gasteiger partial charge on any atom is 0.215 e. The minimum atomic E-state index is 0.0847. The molecule has 1 aliphatic heterocycles. The third-order valence-corrected chi connectivity index (χ3v) is 2.78. The van der Waals surface area contributed by atoms with Gasteiger partial charge in [0.1, 0.15) is 11.6 Å². The van der Waals surface area contributed by atoms with Crippen LogP contribution in [0, 0.1) is 6.92 Å². The van der Waals surface area contributed by atoms with Crippen molar-refractivity contribution in [2.45, 2.75) is 13.0 Å². The van der Waals surface area contributed by atoms with Crippen LogP contribution in [-0.2, 0) is 4.74 Å². The second-order valence-corrected chi connectivity index (χ2v) is 4.10. The number of rotatable bonds is 1. The maximum absolute atomic E-state index is 5.71. The largest absolute Gasteiger partial charge is 0.439 e. The fourth-order valence-corrected chi connectivity index (χ4v) is 1.93. The quantitative estimate of drug-likeness (QED) is 0.792. The van der Waals surface area contributed by atoms with Crippen molar-refractivity contribution in [3.8, 4) is 0 Å². The van der Waals surface area contributed by atoms with Crippen molar-refractivity contribution < 1.29 is 9.15 Å². The van der Waals surface area contributed by atoms with Crippen molar-refractivity contribution in [2.75, 3.05) is 19.8 Å². The monoisotopic (exact) mass is 218 g/mol. The molecule has 16 heavy (non-hydrogen) atoms. The van der Waals surface area contributed by atoms with E-state index in [1.807, 2.05) is 18.2 Å². The highest BCUT2D eigenvalue weighted by Gasteiger charge is 2.20. The number of fused-ring (bicyclic) bond motifs is 1. The first-order valence-corrected chi connectivity index (χ1v) is 5.51. The molecule has 1 fully saturated rings. The van der Waals surface area contributed by atoms with Crippen LogP contribution in [0.3, 0.4) is 0 Å². The highest BCUT2D eigenvalue weighted by atomic mass is 16.5. The van der Waals surface area contributed by atoms with E-state index in [9.17, 15) is 0 Å². The average molecular weight is 218 g/mol. The lowest BCUT2D eigenvalue weighted by atomic mass is 10.2. The highest BCUT2D eigenvalue weighted by molar-refractivity contribution is 5.73. The van der Waals surface area contributed by atoms with Crippen LogP contribution in [0.25, 0.3) is 11.1 Å². The summed E-state index contributed by atoms with van der Waals surface area (Å²) in [7, 11) is 0. The van der Waals surface area contributed by atoms with Gasteiger partial charge in [-0.15, -0.1) is 0 Å². The van der Waals surface area contributed by atoms with Gasteiger partial charge in [-0.05, 0) is 24.6 Å². The lowest BCUT2D eigenvalue weighted by Gasteiger charge is -2.20. The minimum absolute atomic E-state index is 0.0847. The summed E-state index contributed by atoms with van der Waals surface area (Å²) in [5.41, 5.74) is 2.95. The lowest BCUT2D eigenvalue weighted by Crippen LogP contribution is -2.34. The van der Waals surface area contributed by atoms with Crippen LogP contribution in [0.2, 0.25) is 0 Å². The zero-order valence-electron chi connectivity index (χ0n) is 9.19. The molecule has 1 aliphatic rings. The Kier molecular flexibility index (Phi) is 2.38. The number of nitrogens with one attached hydrogen (secondary N) is 1. The Labute approximate surface area is 93.6 Å². The van der Waals surface area contributed by atoms with Crippen LogP contribution in [0.5, 0.6) is 0 Å². The molecule has 1 aromatic carbocycles. The number of hydrogen-bond donors (Lipinski definition) is 1. The first-order valence-electron chi connectivity index (χ1n) is 5.51. The SMILES string of the molecule is Cc1ccc2oc(C3COCCN3)nc2c1. The predicted octanol–water partition coefficient (Wildman–Crippen LogP) is 1.80. The first-order chi connectivity index (χ1) is 7.83.